The Hall–Kier alpha value is -5.97. The van der Waals surface area contributed by atoms with Crippen LogP contribution in [0.25, 0.3) is 45.3 Å². The molecule has 0 spiro atoms. The molecule has 1 aliphatic heterocycles. The predicted molar refractivity (Wildman–Crippen MR) is 258 cm³/mol. The van der Waals surface area contributed by atoms with Crippen molar-refractivity contribution < 1.29 is 0 Å². The molecule has 3 aromatic carbocycles. The summed E-state index contributed by atoms with van der Waals surface area (Å²) >= 11 is 0. The summed E-state index contributed by atoms with van der Waals surface area (Å²) in [5.74, 6) is 0.741. The standard InChI is InChI=1S/C57H56N6/c1-34-22-26-50-43(28-34)44-29-35(2)23-27-51(44)63(50)53-32-52(62-48-20-12-9-17-40(48)41-18-10-13-21-49(41)62)38(33-58)31-45(53)56-60-54(36-14-6-5-7-15-36)59-55(61-56)37-24-25-47-42(30-37)39-16-8-11-19-46(39)57(47,3)4/h6,8-12,14-18,20,22,25-26,28-32,37,46,54-56,59-61H,5,7,13,19,21,23-24,27H2,1-4H3. The Morgan fingerprint density at radius 3 is 2.44 bits per heavy atom. The summed E-state index contributed by atoms with van der Waals surface area (Å²) in [5, 5.41) is 26.2. The Balaban J connectivity index is 1.07. The molecule has 0 amide bonds. The van der Waals surface area contributed by atoms with Crippen molar-refractivity contribution in [1.29, 1.82) is 5.26 Å². The third-order valence-electron chi connectivity index (χ3n) is 15.4. The Labute approximate surface area is 371 Å². The maximum atomic E-state index is 11.3. The number of hydrogen-bond donors (Lipinski definition) is 3. The van der Waals surface area contributed by atoms with E-state index in [0.717, 1.165) is 73.8 Å². The lowest BCUT2D eigenvalue weighted by molar-refractivity contribution is 0.187. The van der Waals surface area contributed by atoms with Crippen molar-refractivity contribution in [2.45, 2.75) is 97.6 Å². The topological polar surface area (TPSA) is 69.7 Å². The number of fused-ring (bicyclic) bond motifs is 9. The van der Waals surface area contributed by atoms with Crippen LogP contribution in [0.15, 0.2) is 137 Å². The third kappa shape index (κ3) is 6.08. The zero-order valence-corrected chi connectivity index (χ0v) is 36.9. The number of nitriles is 1. The summed E-state index contributed by atoms with van der Waals surface area (Å²) in [4.78, 5) is 0. The molecule has 6 heteroatoms. The van der Waals surface area contributed by atoms with Crippen molar-refractivity contribution in [3.05, 3.63) is 176 Å². The highest BCUT2D eigenvalue weighted by Crippen LogP contribution is 2.57. The van der Waals surface area contributed by atoms with Gasteiger partial charge in [-0.25, -0.2) is 0 Å². The van der Waals surface area contributed by atoms with E-state index in [0.29, 0.717) is 11.5 Å². The number of para-hydroxylation sites is 1. The van der Waals surface area contributed by atoms with Crippen LogP contribution in [0.1, 0.15) is 105 Å². The highest BCUT2D eigenvalue weighted by molar-refractivity contribution is 5.96. The number of aromatic nitrogens is 2. The maximum absolute atomic E-state index is 11.3. The Bertz CT molecular complexity index is 3080. The van der Waals surface area contributed by atoms with Crippen LogP contribution in [-0.2, 0) is 12.8 Å². The van der Waals surface area contributed by atoms with E-state index in [-0.39, 0.29) is 29.8 Å². The van der Waals surface area contributed by atoms with Crippen molar-refractivity contribution >= 4 is 34.0 Å². The number of hydrogen-bond acceptors (Lipinski definition) is 4. The predicted octanol–water partition coefficient (Wildman–Crippen LogP) is 12.2. The first kappa shape index (κ1) is 38.7. The van der Waals surface area contributed by atoms with Crippen LogP contribution in [0.3, 0.4) is 0 Å². The zero-order chi connectivity index (χ0) is 42.6. The molecule has 314 valence electrons. The average Bonchev–Trinajstić information content (AvgIpc) is 3.90. The lowest BCUT2D eigenvalue weighted by Gasteiger charge is -2.43. The maximum Gasteiger partial charge on any atom is 0.101 e. The van der Waals surface area contributed by atoms with Gasteiger partial charge >= 0.3 is 0 Å². The van der Waals surface area contributed by atoms with Crippen molar-refractivity contribution in [3.8, 4) is 17.4 Å². The molecular weight excluding hydrogens is 769 g/mol. The number of allylic oxidation sites excluding steroid dienone is 11. The van der Waals surface area contributed by atoms with E-state index in [1.54, 1.807) is 0 Å². The first-order chi connectivity index (χ1) is 30.8. The molecule has 7 aliphatic rings. The van der Waals surface area contributed by atoms with Crippen LogP contribution in [-0.4, -0.2) is 21.5 Å². The van der Waals surface area contributed by atoms with Gasteiger partial charge in [-0.15, -0.1) is 0 Å². The second-order valence-corrected chi connectivity index (χ2v) is 19.6. The van der Waals surface area contributed by atoms with Gasteiger partial charge in [0.25, 0.3) is 0 Å². The summed E-state index contributed by atoms with van der Waals surface area (Å²) in [6.45, 7) is 9.35. The Kier molecular flexibility index (Phi) is 9.10. The lowest BCUT2D eigenvalue weighted by atomic mass is 9.74. The van der Waals surface area contributed by atoms with Gasteiger partial charge in [0.1, 0.15) is 6.07 Å². The number of aryl methyl sites for hydroxylation is 1. The van der Waals surface area contributed by atoms with Crippen molar-refractivity contribution in [3.63, 3.8) is 0 Å². The molecule has 5 unspecified atom stereocenters. The number of benzene rings is 3. The van der Waals surface area contributed by atoms with Gasteiger partial charge in [-0.2, -0.15) is 5.26 Å². The van der Waals surface area contributed by atoms with Gasteiger partial charge in [0, 0.05) is 44.8 Å². The second-order valence-electron chi connectivity index (χ2n) is 19.6. The van der Waals surface area contributed by atoms with Gasteiger partial charge in [-0.3, -0.25) is 16.0 Å². The van der Waals surface area contributed by atoms with Crippen LogP contribution >= 0.6 is 0 Å². The number of nitrogens with one attached hydrogen (secondary N) is 3. The third-order valence-corrected chi connectivity index (χ3v) is 15.4. The van der Waals surface area contributed by atoms with Gasteiger partial charge in [0.05, 0.1) is 46.5 Å². The smallest absolute Gasteiger partial charge is 0.101 e. The van der Waals surface area contributed by atoms with Crippen molar-refractivity contribution in [2.24, 2.45) is 17.3 Å². The molecule has 12 rings (SSSR count). The van der Waals surface area contributed by atoms with Crippen molar-refractivity contribution in [1.82, 2.24) is 25.1 Å². The van der Waals surface area contributed by atoms with Crippen LogP contribution < -0.4 is 16.0 Å². The highest BCUT2D eigenvalue weighted by atomic mass is 15.4. The first-order valence-corrected chi connectivity index (χ1v) is 23.4. The zero-order valence-electron chi connectivity index (χ0n) is 36.9. The molecule has 1 saturated heterocycles. The number of nitrogens with zero attached hydrogens (tertiary/aromatic N) is 3. The average molecular weight is 825 g/mol. The summed E-state index contributed by atoms with van der Waals surface area (Å²) in [6, 6.07) is 23.0. The summed E-state index contributed by atoms with van der Waals surface area (Å²) in [6.07, 6.45) is 33.8. The molecule has 6 nitrogen and oxygen atoms in total. The fourth-order valence-corrected chi connectivity index (χ4v) is 12.3. The minimum absolute atomic E-state index is 0.0292. The second kappa shape index (κ2) is 14.8. The Morgan fingerprint density at radius 2 is 1.57 bits per heavy atom. The molecule has 2 aromatic heterocycles. The van der Waals surface area contributed by atoms with E-state index in [4.69, 9.17) is 0 Å². The van der Waals surface area contributed by atoms with E-state index in [2.05, 4.69) is 180 Å². The van der Waals surface area contributed by atoms with Gasteiger partial charge in [-0.05, 0) is 129 Å². The lowest BCUT2D eigenvalue weighted by Crippen LogP contribution is -2.65. The normalized spacial score (nSPS) is 25.6. The summed E-state index contributed by atoms with van der Waals surface area (Å²) in [7, 11) is 0. The summed E-state index contributed by atoms with van der Waals surface area (Å²) in [5.41, 5.74) is 19.9. The van der Waals surface area contributed by atoms with Gasteiger partial charge in [0.15, 0.2) is 0 Å². The van der Waals surface area contributed by atoms with E-state index < -0.39 is 0 Å². The summed E-state index contributed by atoms with van der Waals surface area (Å²) < 4.78 is 4.96. The minimum Gasteiger partial charge on any atom is -0.312 e. The van der Waals surface area contributed by atoms with Crippen LogP contribution in [0.4, 0.5) is 0 Å². The fraction of sp³-hybridized carbons (Fsp3) is 0.316. The molecule has 6 aliphatic carbocycles. The quantitative estimate of drug-likeness (QED) is 0.165. The van der Waals surface area contributed by atoms with Crippen LogP contribution in [0.5, 0.6) is 0 Å². The Morgan fingerprint density at radius 1 is 0.746 bits per heavy atom. The largest absolute Gasteiger partial charge is 0.312 e. The number of rotatable bonds is 5. The molecule has 5 atom stereocenters. The molecular formula is C57H56N6. The monoisotopic (exact) mass is 824 g/mol. The van der Waals surface area contributed by atoms with Crippen molar-refractivity contribution in [2.75, 3.05) is 0 Å². The van der Waals surface area contributed by atoms with Gasteiger partial charge < -0.3 is 9.13 Å². The van der Waals surface area contributed by atoms with Crippen LogP contribution in [0, 0.1) is 35.5 Å². The minimum atomic E-state index is -0.264. The van der Waals surface area contributed by atoms with E-state index in [1.165, 1.54) is 72.2 Å². The molecule has 2 fully saturated rings. The molecule has 63 heavy (non-hydrogen) atoms. The van der Waals surface area contributed by atoms with E-state index in [1.807, 2.05) is 0 Å². The fourth-order valence-electron chi connectivity index (χ4n) is 12.3. The molecule has 3 heterocycles. The molecule has 5 aromatic rings. The van der Waals surface area contributed by atoms with Gasteiger partial charge in [0.2, 0.25) is 0 Å². The highest BCUT2D eigenvalue weighted by Gasteiger charge is 2.47. The molecule has 0 radical (unpaired) electrons. The van der Waals surface area contributed by atoms with E-state index >= 15 is 0 Å². The van der Waals surface area contributed by atoms with Crippen LogP contribution in [0.2, 0.25) is 0 Å². The van der Waals surface area contributed by atoms with E-state index in [9.17, 15) is 5.26 Å². The molecule has 0 bridgehead atoms. The van der Waals surface area contributed by atoms with Gasteiger partial charge in [-0.1, -0.05) is 116 Å². The molecule has 1 saturated carbocycles. The first-order valence-electron chi connectivity index (χ1n) is 23.4. The molecule has 3 N–H and O–H groups in total. The SMILES string of the molecule is CC1=Cc2c(n(-c3cc(-n4c5c(c6ccccc64)C=CCC5)c(C#N)cc3C3NC(C4=CCCC=C4)NC(C4C=C5C6=CC=CCC6C(C)(C)C5=CC4)N3)c3ccc(C)cc23)CC1.